The summed E-state index contributed by atoms with van der Waals surface area (Å²) >= 11 is 7.63. The van der Waals surface area contributed by atoms with E-state index in [1.54, 1.807) is 12.1 Å². The van der Waals surface area contributed by atoms with Gasteiger partial charge in [0, 0.05) is 17.7 Å². The zero-order valence-electron chi connectivity index (χ0n) is 13.6. The lowest BCUT2D eigenvalue weighted by atomic mass is 10.1. The number of nitro benzene ring substituents is 1. The second-order valence-electron chi connectivity index (χ2n) is 5.48. The Hall–Kier alpha value is -3.23. The van der Waals surface area contributed by atoms with Crippen LogP contribution in [0.15, 0.2) is 64.1 Å². The van der Waals surface area contributed by atoms with Crippen LogP contribution in [0.1, 0.15) is 5.76 Å². The molecule has 0 saturated heterocycles. The fourth-order valence-corrected chi connectivity index (χ4v) is 3.48. The number of fused-ring (bicyclic) bond motifs is 1. The summed E-state index contributed by atoms with van der Waals surface area (Å²) in [4.78, 5) is 14.9. The van der Waals surface area contributed by atoms with Gasteiger partial charge in [0.2, 0.25) is 5.13 Å². The normalized spacial score (nSPS) is 11.3. The fraction of sp³-hybridized carbons (Fsp3) is 0. The Bertz CT molecular complexity index is 1140. The molecule has 0 unspecified atom stereocenters. The summed E-state index contributed by atoms with van der Waals surface area (Å²) in [6, 6.07) is 15.4. The van der Waals surface area contributed by atoms with E-state index in [1.807, 2.05) is 24.3 Å². The standard InChI is InChI=1S/C18H11ClN4O3S/c19-14-7-5-11(23(24)25)9-13(14)16-8-6-12(26-16)10-20-22-18-21-15-3-1-2-4-17(15)27-18/h1-10H,(H,21,22)/b20-10+. The van der Waals surface area contributed by atoms with Crippen LogP contribution < -0.4 is 5.43 Å². The number of hydrogen-bond acceptors (Lipinski definition) is 7. The van der Waals surface area contributed by atoms with E-state index in [0.717, 1.165) is 10.2 Å². The number of para-hydroxylation sites is 1. The molecule has 4 rings (SSSR count). The van der Waals surface area contributed by atoms with Crippen molar-refractivity contribution in [3.05, 3.63) is 75.5 Å². The predicted molar refractivity (Wildman–Crippen MR) is 107 cm³/mol. The van der Waals surface area contributed by atoms with Gasteiger partial charge in [0.15, 0.2) is 0 Å². The molecular formula is C18H11ClN4O3S. The van der Waals surface area contributed by atoms with E-state index in [9.17, 15) is 10.1 Å². The second-order valence-corrected chi connectivity index (χ2v) is 6.92. The third kappa shape index (κ3) is 3.67. The van der Waals surface area contributed by atoms with Crippen molar-refractivity contribution in [3.63, 3.8) is 0 Å². The minimum absolute atomic E-state index is 0.0569. The molecule has 7 nitrogen and oxygen atoms in total. The highest BCUT2D eigenvalue weighted by molar-refractivity contribution is 7.22. The lowest BCUT2D eigenvalue weighted by Gasteiger charge is -2.00. The molecule has 0 aliphatic heterocycles. The number of nitrogens with one attached hydrogen (secondary N) is 1. The molecule has 0 bridgehead atoms. The van der Waals surface area contributed by atoms with Gasteiger partial charge in [0.05, 0.1) is 26.4 Å². The molecule has 0 fully saturated rings. The van der Waals surface area contributed by atoms with Crippen molar-refractivity contribution in [1.82, 2.24) is 4.98 Å². The Labute approximate surface area is 162 Å². The van der Waals surface area contributed by atoms with Crippen molar-refractivity contribution in [3.8, 4) is 11.3 Å². The van der Waals surface area contributed by atoms with Gasteiger partial charge in [0.25, 0.3) is 5.69 Å². The summed E-state index contributed by atoms with van der Waals surface area (Å²) in [5.74, 6) is 0.895. The fourth-order valence-electron chi connectivity index (χ4n) is 2.45. The van der Waals surface area contributed by atoms with Gasteiger partial charge < -0.3 is 4.42 Å². The third-order valence-electron chi connectivity index (χ3n) is 3.70. The van der Waals surface area contributed by atoms with E-state index in [-0.39, 0.29) is 5.69 Å². The summed E-state index contributed by atoms with van der Waals surface area (Å²) < 4.78 is 6.73. The number of halogens is 1. The van der Waals surface area contributed by atoms with Gasteiger partial charge in [-0.05, 0) is 30.3 Å². The number of rotatable bonds is 5. The van der Waals surface area contributed by atoms with Crippen LogP contribution in [0, 0.1) is 10.1 Å². The molecule has 0 aliphatic carbocycles. The van der Waals surface area contributed by atoms with Crippen molar-refractivity contribution >= 4 is 50.2 Å². The van der Waals surface area contributed by atoms with Crippen molar-refractivity contribution in [1.29, 1.82) is 0 Å². The molecule has 0 amide bonds. The van der Waals surface area contributed by atoms with Gasteiger partial charge in [-0.15, -0.1) is 0 Å². The quantitative estimate of drug-likeness (QED) is 0.269. The smallest absolute Gasteiger partial charge is 0.270 e. The number of hydrogen-bond donors (Lipinski definition) is 1. The molecule has 2 aromatic carbocycles. The molecule has 27 heavy (non-hydrogen) atoms. The van der Waals surface area contributed by atoms with Crippen LogP contribution >= 0.6 is 22.9 Å². The summed E-state index contributed by atoms with van der Waals surface area (Å²) in [7, 11) is 0. The Morgan fingerprint density at radius 3 is 2.89 bits per heavy atom. The van der Waals surface area contributed by atoms with Crippen LogP contribution in [-0.2, 0) is 0 Å². The molecule has 134 valence electrons. The number of non-ortho nitro benzene ring substituents is 1. The molecule has 2 aromatic heterocycles. The van der Waals surface area contributed by atoms with E-state index >= 15 is 0 Å². The molecule has 1 N–H and O–H groups in total. The average molecular weight is 399 g/mol. The van der Waals surface area contributed by atoms with E-state index in [0.29, 0.717) is 27.2 Å². The molecule has 4 aromatic rings. The summed E-state index contributed by atoms with van der Waals surface area (Å²) in [5, 5.41) is 16.1. The Kier molecular flexibility index (Phi) is 4.57. The molecule has 0 atom stereocenters. The number of nitro groups is 1. The van der Waals surface area contributed by atoms with Gasteiger partial charge in [-0.3, -0.25) is 15.5 Å². The predicted octanol–water partition coefficient (Wildman–Crippen LogP) is 5.56. The number of anilines is 1. The highest BCUT2D eigenvalue weighted by atomic mass is 35.5. The summed E-state index contributed by atoms with van der Waals surface area (Å²) in [5.41, 5.74) is 4.16. The van der Waals surface area contributed by atoms with Gasteiger partial charge in [-0.25, -0.2) is 4.98 Å². The van der Waals surface area contributed by atoms with Crippen molar-refractivity contribution in [2.75, 3.05) is 5.43 Å². The minimum Gasteiger partial charge on any atom is -0.455 e. The van der Waals surface area contributed by atoms with E-state index in [1.165, 1.54) is 35.8 Å². The lowest BCUT2D eigenvalue weighted by molar-refractivity contribution is -0.384. The van der Waals surface area contributed by atoms with Crippen molar-refractivity contribution in [2.24, 2.45) is 5.10 Å². The molecule has 2 heterocycles. The first kappa shape index (κ1) is 17.2. The number of furan rings is 1. The first-order valence-electron chi connectivity index (χ1n) is 7.79. The second kappa shape index (κ2) is 7.18. The maximum Gasteiger partial charge on any atom is 0.270 e. The number of nitrogens with zero attached hydrogens (tertiary/aromatic N) is 3. The Balaban J connectivity index is 1.52. The number of aromatic nitrogens is 1. The van der Waals surface area contributed by atoms with E-state index < -0.39 is 4.92 Å². The Morgan fingerprint density at radius 2 is 2.07 bits per heavy atom. The average Bonchev–Trinajstić information content (AvgIpc) is 3.28. The first-order valence-corrected chi connectivity index (χ1v) is 8.98. The maximum atomic E-state index is 10.9. The molecule has 0 spiro atoms. The van der Waals surface area contributed by atoms with Gasteiger partial charge >= 0.3 is 0 Å². The summed E-state index contributed by atoms with van der Waals surface area (Å²) in [6.07, 6.45) is 1.50. The van der Waals surface area contributed by atoms with Crippen LogP contribution in [-0.4, -0.2) is 16.1 Å². The Morgan fingerprint density at radius 1 is 1.22 bits per heavy atom. The largest absolute Gasteiger partial charge is 0.455 e. The van der Waals surface area contributed by atoms with Crippen LogP contribution in [0.5, 0.6) is 0 Å². The van der Waals surface area contributed by atoms with Gasteiger partial charge in [-0.1, -0.05) is 35.1 Å². The van der Waals surface area contributed by atoms with Crippen LogP contribution in [0.25, 0.3) is 21.5 Å². The van der Waals surface area contributed by atoms with Crippen molar-refractivity contribution < 1.29 is 9.34 Å². The minimum atomic E-state index is -0.479. The number of thiazole rings is 1. The zero-order chi connectivity index (χ0) is 18.8. The van der Waals surface area contributed by atoms with Crippen LogP contribution in [0.3, 0.4) is 0 Å². The SMILES string of the molecule is O=[N+]([O-])c1ccc(Cl)c(-c2ccc(/C=N/Nc3nc4ccccc4s3)o2)c1. The zero-order valence-corrected chi connectivity index (χ0v) is 15.2. The molecule has 0 aliphatic rings. The van der Waals surface area contributed by atoms with Crippen LogP contribution in [0.2, 0.25) is 5.02 Å². The topological polar surface area (TPSA) is 93.6 Å². The monoisotopic (exact) mass is 398 g/mol. The van der Waals surface area contributed by atoms with Gasteiger partial charge in [0.1, 0.15) is 11.5 Å². The molecule has 0 saturated carbocycles. The number of hydrazone groups is 1. The number of benzene rings is 2. The molecular weight excluding hydrogens is 388 g/mol. The lowest BCUT2D eigenvalue weighted by Crippen LogP contribution is -1.89. The maximum absolute atomic E-state index is 10.9. The molecule has 0 radical (unpaired) electrons. The van der Waals surface area contributed by atoms with E-state index in [2.05, 4.69) is 15.5 Å². The summed E-state index contributed by atoms with van der Waals surface area (Å²) in [6.45, 7) is 0. The van der Waals surface area contributed by atoms with Crippen LogP contribution in [0.4, 0.5) is 10.8 Å². The highest BCUT2D eigenvalue weighted by Crippen LogP contribution is 2.32. The highest BCUT2D eigenvalue weighted by Gasteiger charge is 2.14. The van der Waals surface area contributed by atoms with Crippen molar-refractivity contribution in [2.45, 2.75) is 0 Å². The molecule has 9 heteroatoms. The third-order valence-corrected chi connectivity index (χ3v) is 4.97. The first-order chi connectivity index (χ1) is 13.1. The van der Waals surface area contributed by atoms with E-state index in [4.69, 9.17) is 16.0 Å². The van der Waals surface area contributed by atoms with Gasteiger partial charge in [-0.2, -0.15) is 5.10 Å².